The van der Waals surface area contributed by atoms with Gasteiger partial charge in [-0.3, -0.25) is 4.68 Å². The molecule has 0 aliphatic carbocycles. The summed E-state index contributed by atoms with van der Waals surface area (Å²) in [6, 6.07) is 34.2. The molecule has 3 heterocycles. The van der Waals surface area contributed by atoms with Gasteiger partial charge in [-0.25, -0.2) is 4.98 Å². The van der Waals surface area contributed by atoms with Crippen LogP contribution in [-0.2, 0) is 26.5 Å². The van der Waals surface area contributed by atoms with Crippen molar-refractivity contribution in [2.24, 2.45) is 0 Å². The predicted molar refractivity (Wildman–Crippen MR) is 188 cm³/mol. The van der Waals surface area contributed by atoms with Crippen molar-refractivity contribution in [3.05, 3.63) is 131 Å². The topological polar surface area (TPSA) is 44.9 Å². The van der Waals surface area contributed by atoms with Gasteiger partial charge < -0.3 is 9.30 Å². The number of aryl methyl sites for hydroxylation is 4. The van der Waals surface area contributed by atoms with Gasteiger partial charge in [0.2, 0.25) is 0 Å². The van der Waals surface area contributed by atoms with Crippen molar-refractivity contribution in [2.45, 2.75) is 60.8 Å². The fourth-order valence-electron chi connectivity index (χ4n) is 6.73. The third-order valence-corrected chi connectivity index (χ3v) is 8.82. The van der Waals surface area contributed by atoms with Crippen LogP contribution in [0.2, 0.25) is 0 Å². The number of hydrogen-bond donors (Lipinski definition) is 0. The number of fused-ring (bicyclic) bond motifs is 3. The molecule has 0 N–H and O–H groups in total. The van der Waals surface area contributed by atoms with Crippen LogP contribution in [0.4, 0.5) is 0 Å². The fourth-order valence-corrected chi connectivity index (χ4v) is 6.73. The molecule has 0 bridgehead atoms. The molecule has 0 amide bonds. The van der Waals surface area contributed by atoms with Gasteiger partial charge in [-0.15, -0.1) is 35.7 Å². The Labute approximate surface area is 291 Å². The van der Waals surface area contributed by atoms with Crippen molar-refractivity contribution >= 4 is 21.8 Å². The van der Waals surface area contributed by atoms with Crippen LogP contribution in [0.25, 0.3) is 44.4 Å². The van der Waals surface area contributed by atoms with Gasteiger partial charge in [-0.2, -0.15) is 17.2 Å². The zero-order chi connectivity index (χ0) is 32.3. The molecule has 0 aliphatic rings. The molecule has 0 fully saturated rings. The molecule has 0 spiro atoms. The number of rotatable bonds is 5. The zero-order valence-electron chi connectivity index (χ0n) is 28.1. The Morgan fingerprint density at radius 1 is 0.723 bits per heavy atom. The zero-order valence-corrected chi connectivity index (χ0v) is 30.4. The first kappa shape index (κ1) is 32.5. The van der Waals surface area contributed by atoms with Crippen molar-refractivity contribution in [3.8, 4) is 34.1 Å². The summed E-state index contributed by atoms with van der Waals surface area (Å²) in [7, 11) is 0. The SMILES string of the molecule is Cc1cc(C)c(-c2c(C)nn(-c3[c-]c(Oc4[c-]c5c(cc4)c4ccccc4n5-c4cc(C(C)(C)C)ccn4)ccc3)c2C)c(C)c1.[Pt+2]. The Bertz CT molecular complexity index is 2260. The van der Waals surface area contributed by atoms with Crippen LogP contribution in [0.1, 0.15) is 54.4 Å². The number of aromatic nitrogens is 4. The maximum atomic E-state index is 6.44. The first-order valence-electron chi connectivity index (χ1n) is 15.8. The molecule has 7 aromatic rings. The van der Waals surface area contributed by atoms with Crippen LogP contribution in [0.3, 0.4) is 0 Å². The quantitative estimate of drug-likeness (QED) is 0.163. The van der Waals surface area contributed by atoms with Crippen molar-refractivity contribution in [3.63, 3.8) is 0 Å². The molecule has 5 nitrogen and oxygen atoms in total. The molecule has 3 aromatic heterocycles. The second kappa shape index (κ2) is 12.3. The third kappa shape index (κ3) is 5.83. The molecule has 6 heteroatoms. The van der Waals surface area contributed by atoms with Gasteiger partial charge in [0.05, 0.1) is 5.69 Å². The number of ether oxygens (including phenoxy) is 1. The summed E-state index contributed by atoms with van der Waals surface area (Å²) < 4.78 is 10.6. The van der Waals surface area contributed by atoms with Gasteiger partial charge in [-0.1, -0.05) is 62.2 Å². The molecule has 238 valence electrons. The second-order valence-corrected chi connectivity index (χ2v) is 13.3. The third-order valence-electron chi connectivity index (χ3n) is 8.82. The fraction of sp³-hybridized carbons (Fsp3) is 0.220. The van der Waals surface area contributed by atoms with Crippen LogP contribution in [0.15, 0.2) is 85.1 Å². The summed E-state index contributed by atoms with van der Waals surface area (Å²) in [5.41, 5.74) is 12.3. The second-order valence-electron chi connectivity index (χ2n) is 13.3. The van der Waals surface area contributed by atoms with Crippen LogP contribution in [-0.4, -0.2) is 19.3 Å². The monoisotopic (exact) mass is 797 g/mol. The maximum absolute atomic E-state index is 6.44. The first-order chi connectivity index (χ1) is 22.0. The molecule has 0 saturated heterocycles. The number of benzene rings is 4. The molecule has 0 unspecified atom stereocenters. The predicted octanol–water partition coefficient (Wildman–Crippen LogP) is 10.3. The minimum Gasteiger partial charge on any atom is -0.509 e. The minimum atomic E-state index is -0.000678. The van der Waals surface area contributed by atoms with E-state index in [2.05, 4.69) is 127 Å². The smallest absolute Gasteiger partial charge is 0.509 e. The van der Waals surface area contributed by atoms with Gasteiger partial charge in [-0.05, 0) is 91.6 Å². The molecule has 0 aliphatic heterocycles. The molecule has 0 saturated carbocycles. The number of para-hydroxylation sites is 1. The van der Waals surface area contributed by atoms with Crippen molar-refractivity contribution < 1.29 is 25.8 Å². The maximum Gasteiger partial charge on any atom is 2.00 e. The summed E-state index contributed by atoms with van der Waals surface area (Å²) in [5, 5.41) is 7.20. The Morgan fingerprint density at radius 3 is 2.19 bits per heavy atom. The Hall–Kier alpha value is -4.47. The van der Waals surface area contributed by atoms with Crippen LogP contribution >= 0.6 is 0 Å². The van der Waals surface area contributed by atoms with E-state index in [0.717, 1.165) is 44.7 Å². The van der Waals surface area contributed by atoms with Crippen LogP contribution in [0, 0.1) is 46.8 Å². The van der Waals surface area contributed by atoms with E-state index in [1.165, 1.54) is 33.4 Å². The standard InChI is InChI=1S/C41H38N4O.Pt/c1-25-20-26(2)39(27(3)21-25)40-28(4)43-45(29(40)5)31-12-11-13-32(23-31)46-33-16-17-35-34-14-9-10-15-36(34)44(37(35)24-33)38-22-30(18-19-42-38)41(6,7)8;/h9-22H,1-8H3;/q-2;+2. The van der Waals surface area contributed by atoms with Gasteiger partial charge >= 0.3 is 21.1 Å². The molecule has 0 radical (unpaired) electrons. The van der Waals surface area contributed by atoms with Gasteiger partial charge in [0.25, 0.3) is 0 Å². The summed E-state index contributed by atoms with van der Waals surface area (Å²) in [6.45, 7) is 17.4. The Balaban J connectivity index is 0.00000386. The van der Waals surface area contributed by atoms with Gasteiger partial charge in [0.15, 0.2) is 0 Å². The summed E-state index contributed by atoms with van der Waals surface area (Å²) in [6.07, 6.45) is 1.89. The number of hydrogen-bond acceptors (Lipinski definition) is 3. The Morgan fingerprint density at radius 2 is 1.45 bits per heavy atom. The molecule has 4 aromatic carbocycles. The minimum absolute atomic E-state index is 0. The van der Waals surface area contributed by atoms with E-state index in [9.17, 15) is 0 Å². The molecular weight excluding hydrogens is 760 g/mol. The van der Waals surface area contributed by atoms with E-state index in [-0.39, 0.29) is 26.5 Å². The number of nitrogens with zero attached hydrogens (tertiary/aromatic N) is 4. The molecule has 7 rings (SSSR count). The summed E-state index contributed by atoms with van der Waals surface area (Å²) in [5.74, 6) is 2.07. The van der Waals surface area contributed by atoms with Crippen LogP contribution < -0.4 is 4.74 Å². The van der Waals surface area contributed by atoms with E-state index < -0.39 is 0 Å². The van der Waals surface area contributed by atoms with E-state index in [0.29, 0.717) is 11.5 Å². The average molecular weight is 798 g/mol. The summed E-state index contributed by atoms with van der Waals surface area (Å²) >= 11 is 0. The van der Waals surface area contributed by atoms with Gasteiger partial charge in [0.1, 0.15) is 5.82 Å². The van der Waals surface area contributed by atoms with Crippen molar-refractivity contribution in [2.75, 3.05) is 0 Å². The summed E-state index contributed by atoms with van der Waals surface area (Å²) in [4.78, 5) is 4.79. The van der Waals surface area contributed by atoms with Crippen molar-refractivity contribution in [1.29, 1.82) is 0 Å². The largest absolute Gasteiger partial charge is 2.00 e. The van der Waals surface area contributed by atoms with E-state index in [1.54, 1.807) is 0 Å². The molecule has 47 heavy (non-hydrogen) atoms. The normalized spacial score (nSPS) is 11.7. The first-order valence-corrected chi connectivity index (χ1v) is 15.8. The van der Waals surface area contributed by atoms with E-state index in [1.807, 2.05) is 35.1 Å². The van der Waals surface area contributed by atoms with Crippen molar-refractivity contribution in [1.82, 2.24) is 19.3 Å². The van der Waals surface area contributed by atoms with E-state index >= 15 is 0 Å². The molecule has 0 atom stereocenters. The van der Waals surface area contributed by atoms with Crippen LogP contribution in [0.5, 0.6) is 11.5 Å². The Kier molecular flexibility index (Phi) is 8.48. The van der Waals surface area contributed by atoms with Gasteiger partial charge in [0, 0.05) is 34.5 Å². The van der Waals surface area contributed by atoms with E-state index in [4.69, 9.17) is 14.8 Å². The number of pyridine rings is 1. The molecular formula is C41H38N4OPt. The average Bonchev–Trinajstić information content (AvgIpc) is 3.49.